The van der Waals surface area contributed by atoms with Crippen molar-refractivity contribution < 1.29 is 4.92 Å². The maximum absolute atomic E-state index is 10.8. The van der Waals surface area contributed by atoms with E-state index >= 15 is 0 Å². The summed E-state index contributed by atoms with van der Waals surface area (Å²) < 4.78 is 0. The van der Waals surface area contributed by atoms with Crippen LogP contribution in [0.25, 0.3) is 22.2 Å². The lowest BCUT2D eigenvalue weighted by Gasteiger charge is -2.04. The summed E-state index contributed by atoms with van der Waals surface area (Å²) in [7, 11) is 0. The summed E-state index contributed by atoms with van der Waals surface area (Å²) in [5.41, 5.74) is 4.63. The van der Waals surface area contributed by atoms with E-state index in [-0.39, 0.29) is 10.6 Å². The molecule has 1 heterocycles. The van der Waals surface area contributed by atoms with Gasteiger partial charge in [0.25, 0.3) is 5.69 Å². The van der Waals surface area contributed by atoms with Gasteiger partial charge in [0.2, 0.25) is 0 Å². The highest BCUT2D eigenvalue weighted by Gasteiger charge is 2.11. The second-order valence-electron chi connectivity index (χ2n) is 4.39. The summed E-state index contributed by atoms with van der Waals surface area (Å²) in [5, 5.41) is 10.8. The number of hydrogen-bond acceptors (Lipinski definition) is 3. The van der Waals surface area contributed by atoms with Crippen molar-refractivity contribution in [2.24, 2.45) is 0 Å². The number of hydrogen-bond donors (Lipinski definition) is 1. The first kappa shape index (κ1) is 11.4. The fourth-order valence-electron chi connectivity index (χ4n) is 2.16. The largest absolute Gasteiger partial charge is 0.345 e. The number of nitro benzene ring substituents is 1. The van der Waals surface area contributed by atoms with Gasteiger partial charge in [-0.3, -0.25) is 10.1 Å². The van der Waals surface area contributed by atoms with Crippen LogP contribution in [0.15, 0.2) is 42.7 Å². The van der Waals surface area contributed by atoms with Gasteiger partial charge in [-0.25, -0.2) is 4.98 Å². The van der Waals surface area contributed by atoms with Gasteiger partial charge in [-0.05, 0) is 42.3 Å². The number of aryl methyl sites for hydroxylation is 1. The van der Waals surface area contributed by atoms with E-state index < -0.39 is 0 Å². The molecule has 2 aromatic carbocycles. The van der Waals surface area contributed by atoms with Crippen LogP contribution < -0.4 is 0 Å². The first-order chi connectivity index (χ1) is 9.15. The fraction of sp³-hybridized carbons (Fsp3) is 0.0714. The van der Waals surface area contributed by atoms with Crippen molar-refractivity contribution in [3.8, 4) is 11.1 Å². The van der Waals surface area contributed by atoms with Crippen LogP contribution in [0.3, 0.4) is 0 Å². The Morgan fingerprint density at radius 3 is 2.63 bits per heavy atom. The summed E-state index contributed by atoms with van der Waals surface area (Å²) in [4.78, 5) is 17.7. The molecular formula is C14H11N3O2. The zero-order chi connectivity index (χ0) is 13.4. The average molecular weight is 253 g/mol. The van der Waals surface area contributed by atoms with Crippen LogP contribution in [0.4, 0.5) is 5.69 Å². The highest BCUT2D eigenvalue weighted by atomic mass is 16.6. The molecule has 5 heteroatoms. The van der Waals surface area contributed by atoms with E-state index in [4.69, 9.17) is 0 Å². The fourth-order valence-corrected chi connectivity index (χ4v) is 2.16. The molecule has 0 radical (unpaired) electrons. The van der Waals surface area contributed by atoms with Crippen LogP contribution in [0.5, 0.6) is 0 Å². The van der Waals surface area contributed by atoms with E-state index in [1.807, 2.05) is 24.3 Å². The molecule has 0 spiro atoms. The van der Waals surface area contributed by atoms with Crippen LogP contribution in [0, 0.1) is 17.0 Å². The van der Waals surface area contributed by atoms with Crippen molar-refractivity contribution in [2.75, 3.05) is 0 Å². The Morgan fingerprint density at radius 2 is 1.89 bits per heavy atom. The van der Waals surface area contributed by atoms with Crippen LogP contribution in [0.1, 0.15) is 5.56 Å². The third-order valence-electron chi connectivity index (χ3n) is 3.15. The number of imidazole rings is 1. The SMILES string of the molecule is Cc1cc(-c2ccc3nc[nH]c3c2)ccc1[N+](=O)[O-]. The monoisotopic (exact) mass is 253 g/mol. The van der Waals surface area contributed by atoms with Gasteiger partial charge in [0.05, 0.1) is 22.3 Å². The predicted molar refractivity (Wildman–Crippen MR) is 72.9 cm³/mol. The van der Waals surface area contributed by atoms with Gasteiger partial charge in [-0.2, -0.15) is 0 Å². The molecule has 0 bridgehead atoms. The standard InChI is InChI=1S/C14H11N3O2/c1-9-6-10(3-5-14(9)17(18)19)11-2-4-12-13(7-11)16-8-15-12/h2-8H,1H3,(H,15,16). The van der Waals surface area contributed by atoms with Crippen molar-refractivity contribution in [1.29, 1.82) is 0 Å². The molecule has 0 aliphatic heterocycles. The Morgan fingerprint density at radius 1 is 1.16 bits per heavy atom. The van der Waals surface area contributed by atoms with Crippen LogP contribution in [0.2, 0.25) is 0 Å². The number of nitrogens with zero attached hydrogens (tertiary/aromatic N) is 2. The minimum Gasteiger partial charge on any atom is -0.345 e. The minimum atomic E-state index is -0.364. The van der Waals surface area contributed by atoms with Gasteiger partial charge in [0.15, 0.2) is 0 Å². The molecule has 5 nitrogen and oxygen atoms in total. The third-order valence-corrected chi connectivity index (χ3v) is 3.15. The van der Waals surface area contributed by atoms with Gasteiger partial charge >= 0.3 is 0 Å². The molecule has 1 N–H and O–H groups in total. The smallest absolute Gasteiger partial charge is 0.272 e. The lowest BCUT2D eigenvalue weighted by atomic mass is 10.0. The number of aromatic amines is 1. The maximum Gasteiger partial charge on any atom is 0.272 e. The van der Waals surface area contributed by atoms with E-state index in [2.05, 4.69) is 9.97 Å². The summed E-state index contributed by atoms with van der Waals surface area (Å²) in [6.45, 7) is 1.75. The molecule has 3 aromatic rings. The molecule has 0 fully saturated rings. The number of aromatic nitrogens is 2. The zero-order valence-electron chi connectivity index (χ0n) is 10.3. The molecule has 1 aromatic heterocycles. The van der Waals surface area contributed by atoms with Crippen LogP contribution in [-0.4, -0.2) is 14.9 Å². The summed E-state index contributed by atoms with van der Waals surface area (Å²) in [5.74, 6) is 0. The van der Waals surface area contributed by atoms with E-state index in [1.54, 1.807) is 25.4 Å². The van der Waals surface area contributed by atoms with Gasteiger partial charge in [0, 0.05) is 11.6 Å². The van der Waals surface area contributed by atoms with Gasteiger partial charge in [0.1, 0.15) is 0 Å². The number of benzene rings is 2. The Labute approximate surface area is 109 Å². The number of nitro groups is 1. The molecule has 0 saturated heterocycles. The molecule has 3 rings (SSSR count). The first-order valence-corrected chi connectivity index (χ1v) is 5.84. The highest BCUT2D eigenvalue weighted by Crippen LogP contribution is 2.27. The van der Waals surface area contributed by atoms with Crippen molar-refractivity contribution >= 4 is 16.7 Å². The number of rotatable bonds is 2. The number of fused-ring (bicyclic) bond motifs is 1. The Bertz CT molecular complexity index is 777. The van der Waals surface area contributed by atoms with Gasteiger partial charge in [-0.15, -0.1) is 0 Å². The van der Waals surface area contributed by atoms with Crippen molar-refractivity contribution in [3.63, 3.8) is 0 Å². The summed E-state index contributed by atoms with van der Waals surface area (Å²) in [6.07, 6.45) is 1.65. The maximum atomic E-state index is 10.8. The molecule has 94 valence electrons. The molecular weight excluding hydrogens is 242 g/mol. The van der Waals surface area contributed by atoms with Crippen LogP contribution in [-0.2, 0) is 0 Å². The van der Waals surface area contributed by atoms with E-state index in [1.165, 1.54) is 0 Å². The Kier molecular flexibility index (Phi) is 2.52. The second-order valence-corrected chi connectivity index (χ2v) is 4.39. The van der Waals surface area contributed by atoms with Crippen molar-refractivity contribution in [2.45, 2.75) is 6.92 Å². The van der Waals surface area contributed by atoms with E-state index in [0.29, 0.717) is 5.56 Å². The molecule has 0 aliphatic carbocycles. The normalized spacial score (nSPS) is 10.8. The minimum absolute atomic E-state index is 0.145. The lowest BCUT2D eigenvalue weighted by molar-refractivity contribution is -0.385. The third kappa shape index (κ3) is 1.95. The Balaban J connectivity index is 2.10. The first-order valence-electron chi connectivity index (χ1n) is 5.84. The van der Waals surface area contributed by atoms with Crippen molar-refractivity contribution in [3.05, 3.63) is 58.4 Å². The summed E-state index contributed by atoms with van der Waals surface area (Å²) in [6, 6.07) is 11.0. The summed E-state index contributed by atoms with van der Waals surface area (Å²) >= 11 is 0. The molecule has 0 saturated carbocycles. The van der Waals surface area contributed by atoms with Crippen molar-refractivity contribution in [1.82, 2.24) is 9.97 Å². The lowest BCUT2D eigenvalue weighted by Crippen LogP contribution is -1.91. The van der Waals surface area contributed by atoms with Gasteiger partial charge in [-0.1, -0.05) is 6.07 Å². The molecule has 0 amide bonds. The van der Waals surface area contributed by atoms with Gasteiger partial charge < -0.3 is 4.98 Å². The second kappa shape index (κ2) is 4.20. The predicted octanol–water partition coefficient (Wildman–Crippen LogP) is 3.45. The zero-order valence-corrected chi connectivity index (χ0v) is 10.3. The molecule has 0 aliphatic rings. The number of nitrogens with one attached hydrogen (secondary N) is 1. The Hall–Kier alpha value is -2.69. The van der Waals surface area contributed by atoms with Crippen LogP contribution >= 0.6 is 0 Å². The number of H-pyrrole nitrogens is 1. The highest BCUT2D eigenvalue weighted by molar-refractivity contribution is 5.81. The quantitative estimate of drug-likeness (QED) is 0.561. The van der Waals surface area contributed by atoms with E-state index in [0.717, 1.165) is 22.2 Å². The average Bonchev–Trinajstić information content (AvgIpc) is 2.85. The topological polar surface area (TPSA) is 71.8 Å². The molecule has 19 heavy (non-hydrogen) atoms. The molecule has 0 atom stereocenters. The van der Waals surface area contributed by atoms with E-state index in [9.17, 15) is 10.1 Å². The molecule has 0 unspecified atom stereocenters.